The normalized spacial score (nSPS) is 14.8. The molecule has 3 aromatic carbocycles. The molecule has 0 fully saturated rings. The van der Waals surface area contributed by atoms with Crippen molar-refractivity contribution in [3.05, 3.63) is 76.1 Å². The van der Waals surface area contributed by atoms with Crippen LogP contribution in [0.25, 0.3) is 22.1 Å². The number of ether oxygens (including phenoxy) is 4. The summed E-state index contributed by atoms with van der Waals surface area (Å²) >= 11 is 0. The number of methoxy groups -OCH3 is 3. The van der Waals surface area contributed by atoms with Crippen molar-refractivity contribution in [3.63, 3.8) is 0 Å². The van der Waals surface area contributed by atoms with E-state index in [0.717, 1.165) is 5.56 Å². The molecule has 0 bridgehead atoms. The van der Waals surface area contributed by atoms with Crippen LogP contribution in [0.3, 0.4) is 0 Å². The highest BCUT2D eigenvalue weighted by molar-refractivity contribution is 5.94. The Balaban J connectivity index is 1.72. The fourth-order valence-corrected chi connectivity index (χ4v) is 4.46. The summed E-state index contributed by atoms with van der Waals surface area (Å²) < 4.78 is 27.2. The summed E-state index contributed by atoms with van der Waals surface area (Å²) in [5, 5.41) is 10.8. The van der Waals surface area contributed by atoms with Gasteiger partial charge in [-0.15, -0.1) is 0 Å². The minimum Gasteiger partial charge on any atom is -0.507 e. The van der Waals surface area contributed by atoms with Gasteiger partial charge >= 0.3 is 5.97 Å². The lowest BCUT2D eigenvalue weighted by atomic mass is 9.85. The Labute approximate surface area is 200 Å². The van der Waals surface area contributed by atoms with E-state index >= 15 is 0 Å². The quantitative estimate of drug-likeness (QED) is 0.330. The van der Waals surface area contributed by atoms with E-state index in [-0.39, 0.29) is 34.5 Å². The third-order valence-corrected chi connectivity index (χ3v) is 6.18. The Morgan fingerprint density at radius 1 is 0.914 bits per heavy atom. The van der Waals surface area contributed by atoms with Gasteiger partial charge in [-0.25, -0.2) is 0 Å². The maximum absolute atomic E-state index is 13.6. The third-order valence-electron chi connectivity index (χ3n) is 6.18. The Bertz CT molecular complexity index is 1500. The fourth-order valence-electron chi connectivity index (χ4n) is 4.46. The van der Waals surface area contributed by atoms with Gasteiger partial charge in [0.1, 0.15) is 34.5 Å². The van der Waals surface area contributed by atoms with Crippen molar-refractivity contribution < 1.29 is 33.3 Å². The molecule has 1 aliphatic heterocycles. The lowest BCUT2D eigenvalue weighted by Crippen LogP contribution is -2.22. The van der Waals surface area contributed by atoms with E-state index < -0.39 is 17.3 Å². The maximum Gasteiger partial charge on any atom is 0.312 e. The van der Waals surface area contributed by atoms with E-state index in [9.17, 15) is 14.7 Å². The van der Waals surface area contributed by atoms with Crippen LogP contribution in [0.15, 0.2) is 64.0 Å². The number of hydrogen-bond acceptors (Lipinski definition) is 8. The van der Waals surface area contributed by atoms with Gasteiger partial charge < -0.3 is 28.5 Å². The lowest BCUT2D eigenvalue weighted by molar-refractivity contribution is -0.135. The largest absolute Gasteiger partial charge is 0.507 e. The van der Waals surface area contributed by atoms with Gasteiger partial charge in [0.2, 0.25) is 5.43 Å². The molecule has 1 N–H and O–H groups in total. The average molecular weight is 474 g/mol. The first-order valence-corrected chi connectivity index (χ1v) is 10.8. The molecule has 35 heavy (non-hydrogen) atoms. The minimum atomic E-state index is -0.443. The predicted molar refractivity (Wildman–Crippen MR) is 128 cm³/mol. The van der Waals surface area contributed by atoms with E-state index in [1.165, 1.54) is 26.5 Å². The molecule has 0 radical (unpaired) electrons. The zero-order valence-electron chi connectivity index (χ0n) is 19.3. The van der Waals surface area contributed by atoms with Crippen LogP contribution in [-0.4, -0.2) is 32.4 Å². The first kappa shape index (κ1) is 22.3. The standard InChI is InChI=1S/C27H22O8/c1-31-16-7-4-14(5-8-16)17-11-23(29)35-22-12-19(28)25-26(30)18(13-34-27(25)24(17)22)15-6-9-20(32-2)21(10-15)33-3/h4-10,12-13,17,28H,11H2,1-3H3/t17-/m1/s1. The average Bonchev–Trinajstić information content (AvgIpc) is 2.87. The molecule has 0 amide bonds. The van der Waals surface area contributed by atoms with E-state index in [1.807, 2.05) is 12.1 Å². The highest BCUT2D eigenvalue weighted by Gasteiger charge is 2.33. The molecule has 0 unspecified atom stereocenters. The van der Waals surface area contributed by atoms with Crippen LogP contribution in [0.1, 0.15) is 23.5 Å². The third kappa shape index (κ3) is 3.73. The van der Waals surface area contributed by atoms with Crippen LogP contribution < -0.4 is 24.4 Å². The first-order valence-electron chi connectivity index (χ1n) is 10.8. The summed E-state index contributed by atoms with van der Waals surface area (Å²) in [7, 11) is 4.60. The summed E-state index contributed by atoms with van der Waals surface area (Å²) in [6, 6.07) is 13.6. The van der Waals surface area contributed by atoms with Crippen LogP contribution in [0.5, 0.6) is 28.7 Å². The zero-order valence-corrected chi connectivity index (χ0v) is 19.3. The van der Waals surface area contributed by atoms with Gasteiger partial charge in [0.25, 0.3) is 0 Å². The molecule has 0 saturated carbocycles. The van der Waals surface area contributed by atoms with Crippen LogP contribution in [0, 0.1) is 0 Å². The Morgan fingerprint density at radius 3 is 2.34 bits per heavy atom. The van der Waals surface area contributed by atoms with Gasteiger partial charge in [-0.3, -0.25) is 9.59 Å². The molecule has 0 saturated heterocycles. The van der Waals surface area contributed by atoms with Crippen molar-refractivity contribution in [1.29, 1.82) is 0 Å². The van der Waals surface area contributed by atoms with Gasteiger partial charge in [-0.1, -0.05) is 18.2 Å². The maximum atomic E-state index is 13.6. The summed E-state index contributed by atoms with van der Waals surface area (Å²) in [5.74, 6) is 0.589. The topological polar surface area (TPSA) is 104 Å². The van der Waals surface area contributed by atoms with Crippen molar-refractivity contribution in [2.45, 2.75) is 12.3 Å². The molecule has 1 aromatic heterocycles. The van der Waals surface area contributed by atoms with Crippen molar-refractivity contribution >= 4 is 16.9 Å². The van der Waals surface area contributed by atoms with Crippen molar-refractivity contribution in [2.24, 2.45) is 0 Å². The molecule has 2 heterocycles. The number of carbonyl (C=O) groups excluding carboxylic acids is 1. The first-order chi connectivity index (χ1) is 16.9. The number of esters is 1. The SMILES string of the molecule is COc1ccc([C@H]2CC(=O)Oc3cc(O)c4c(=O)c(-c5ccc(OC)c(OC)c5)coc4c32)cc1. The highest BCUT2D eigenvalue weighted by atomic mass is 16.5. The van der Waals surface area contributed by atoms with Crippen LogP contribution in [0.4, 0.5) is 0 Å². The molecule has 1 aliphatic rings. The second-order valence-corrected chi connectivity index (χ2v) is 8.06. The molecule has 0 spiro atoms. The van der Waals surface area contributed by atoms with E-state index in [1.54, 1.807) is 37.4 Å². The monoisotopic (exact) mass is 474 g/mol. The predicted octanol–water partition coefficient (Wildman–Crippen LogP) is 4.63. The lowest BCUT2D eigenvalue weighted by Gasteiger charge is -2.26. The van der Waals surface area contributed by atoms with E-state index in [4.69, 9.17) is 23.4 Å². The van der Waals surface area contributed by atoms with Gasteiger partial charge in [0.05, 0.1) is 33.3 Å². The van der Waals surface area contributed by atoms with Crippen LogP contribution in [-0.2, 0) is 4.79 Å². The molecule has 1 atom stereocenters. The molecular formula is C27H22O8. The smallest absolute Gasteiger partial charge is 0.312 e. The number of aromatic hydroxyl groups is 1. The summed E-state index contributed by atoms with van der Waals surface area (Å²) in [6.45, 7) is 0. The number of carbonyl (C=O) groups is 1. The molecular weight excluding hydrogens is 452 g/mol. The second kappa shape index (κ2) is 8.72. The minimum absolute atomic E-state index is 0.00694. The molecule has 0 aliphatic carbocycles. The second-order valence-electron chi connectivity index (χ2n) is 8.06. The zero-order chi connectivity index (χ0) is 24.7. The molecule has 8 nitrogen and oxygen atoms in total. The Kier molecular flexibility index (Phi) is 5.56. The number of hydrogen-bond donors (Lipinski definition) is 1. The van der Waals surface area contributed by atoms with Crippen molar-refractivity contribution in [1.82, 2.24) is 0 Å². The van der Waals surface area contributed by atoms with Crippen molar-refractivity contribution in [2.75, 3.05) is 21.3 Å². The van der Waals surface area contributed by atoms with E-state index in [0.29, 0.717) is 28.4 Å². The molecule has 4 aromatic rings. The summed E-state index contributed by atoms with van der Waals surface area (Å²) in [5.41, 5.74) is 1.86. The number of phenolic OH excluding ortho intramolecular Hbond substituents is 1. The number of fused-ring (bicyclic) bond motifs is 3. The summed E-state index contributed by atoms with van der Waals surface area (Å²) in [4.78, 5) is 25.9. The number of rotatable bonds is 5. The highest BCUT2D eigenvalue weighted by Crippen LogP contribution is 2.46. The number of benzene rings is 3. The van der Waals surface area contributed by atoms with Crippen LogP contribution in [0.2, 0.25) is 0 Å². The van der Waals surface area contributed by atoms with Gasteiger partial charge in [0.15, 0.2) is 11.5 Å². The van der Waals surface area contributed by atoms with E-state index in [2.05, 4.69) is 0 Å². The fraction of sp³-hybridized carbons (Fsp3) is 0.185. The molecule has 8 heteroatoms. The van der Waals surface area contributed by atoms with Gasteiger partial charge in [0, 0.05) is 17.5 Å². The van der Waals surface area contributed by atoms with Gasteiger partial charge in [-0.2, -0.15) is 0 Å². The Hall–Kier alpha value is -4.46. The van der Waals surface area contributed by atoms with Crippen molar-refractivity contribution in [3.8, 4) is 39.9 Å². The summed E-state index contributed by atoms with van der Waals surface area (Å²) in [6.07, 6.45) is 1.40. The Morgan fingerprint density at radius 2 is 1.66 bits per heavy atom. The molecule has 5 rings (SSSR count). The molecule has 178 valence electrons. The van der Waals surface area contributed by atoms with Crippen LogP contribution >= 0.6 is 0 Å². The number of phenols is 1. The van der Waals surface area contributed by atoms with Gasteiger partial charge in [-0.05, 0) is 35.4 Å².